The lowest BCUT2D eigenvalue weighted by atomic mass is 10.1. The molecule has 0 saturated carbocycles. The first kappa shape index (κ1) is 29.1. The summed E-state index contributed by atoms with van der Waals surface area (Å²) < 4.78 is 11.8. The van der Waals surface area contributed by atoms with E-state index in [1.54, 1.807) is 0 Å². The van der Waals surface area contributed by atoms with Gasteiger partial charge in [-0.2, -0.15) is 0 Å². The molecule has 1 fully saturated rings. The predicted octanol–water partition coefficient (Wildman–Crippen LogP) is 7.25. The molecular weight excluding hydrogens is 400 g/mol. The molecule has 2 N–H and O–H groups in total. The van der Waals surface area contributed by atoms with Crippen LogP contribution >= 0.6 is 0 Å². The van der Waals surface area contributed by atoms with Crippen LogP contribution in [0.4, 0.5) is 0 Å². The van der Waals surface area contributed by atoms with E-state index in [2.05, 4.69) is 45.0 Å². The molecule has 4 nitrogen and oxygen atoms in total. The molecule has 4 heteroatoms. The van der Waals surface area contributed by atoms with E-state index in [1.807, 2.05) is 0 Å². The number of rotatable bonds is 16. The van der Waals surface area contributed by atoms with Crippen LogP contribution in [0.15, 0.2) is 24.3 Å². The highest BCUT2D eigenvalue weighted by molar-refractivity contribution is 5.22. The number of unbranched alkanes of at least 4 members (excludes halogenated alkanes) is 10. The number of ether oxygens (including phenoxy) is 2. The molecule has 1 saturated heterocycles. The van der Waals surface area contributed by atoms with E-state index in [0.717, 1.165) is 31.4 Å². The lowest BCUT2D eigenvalue weighted by Gasteiger charge is -2.12. The normalized spacial score (nSPS) is 18.9. The van der Waals surface area contributed by atoms with Crippen molar-refractivity contribution in [3.63, 3.8) is 0 Å². The smallest absolute Gasteiger partial charge is 0.184 e. The van der Waals surface area contributed by atoms with Crippen molar-refractivity contribution in [1.29, 1.82) is 0 Å². The molecule has 0 amide bonds. The minimum absolute atomic E-state index is 0.0883. The van der Waals surface area contributed by atoms with E-state index in [4.69, 9.17) is 19.7 Å². The largest absolute Gasteiger partial charge is 0.394 e. The van der Waals surface area contributed by atoms with Gasteiger partial charge in [-0.15, -0.1) is 0 Å². The SMILES string of the molecule is CCCCCCCCC(O)CO.CCCCCCCCC1COC(c2ccc(C)cc2)O1. The van der Waals surface area contributed by atoms with Crippen LogP contribution in [-0.2, 0) is 9.47 Å². The third-order valence-corrected chi connectivity index (χ3v) is 6.08. The van der Waals surface area contributed by atoms with Crippen molar-refractivity contribution in [1.82, 2.24) is 0 Å². The van der Waals surface area contributed by atoms with Gasteiger partial charge in [-0.3, -0.25) is 0 Å². The molecular formula is C28H50O4. The van der Waals surface area contributed by atoms with Gasteiger partial charge in [0.05, 0.1) is 25.4 Å². The second-order valence-corrected chi connectivity index (χ2v) is 9.28. The Labute approximate surface area is 197 Å². The number of aryl methyl sites for hydroxylation is 1. The lowest BCUT2D eigenvalue weighted by Crippen LogP contribution is -2.10. The molecule has 32 heavy (non-hydrogen) atoms. The fraction of sp³-hybridized carbons (Fsp3) is 0.786. The molecule has 1 aliphatic heterocycles. The van der Waals surface area contributed by atoms with Gasteiger partial charge in [0.15, 0.2) is 6.29 Å². The Morgan fingerprint density at radius 1 is 0.844 bits per heavy atom. The topological polar surface area (TPSA) is 58.9 Å². The van der Waals surface area contributed by atoms with Crippen LogP contribution in [0.3, 0.4) is 0 Å². The van der Waals surface area contributed by atoms with Crippen LogP contribution in [0.1, 0.15) is 121 Å². The molecule has 1 aromatic carbocycles. The first-order chi connectivity index (χ1) is 15.6. The van der Waals surface area contributed by atoms with Gasteiger partial charge in [0.1, 0.15) is 0 Å². The minimum atomic E-state index is -0.490. The third-order valence-electron chi connectivity index (χ3n) is 6.08. The van der Waals surface area contributed by atoms with Gasteiger partial charge in [-0.1, -0.05) is 121 Å². The Morgan fingerprint density at radius 3 is 2.00 bits per heavy atom. The van der Waals surface area contributed by atoms with Crippen LogP contribution in [0, 0.1) is 6.92 Å². The molecule has 1 heterocycles. The van der Waals surface area contributed by atoms with Crippen molar-refractivity contribution >= 4 is 0 Å². The molecule has 3 atom stereocenters. The van der Waals surface area contributed by atoms with E-state index >= 15 is 0 Å². The standard InChI is InChI=1S/C18H28O2.C10H22O2/c1-3-4-5-6-7-8-9-17-14-19-18(20-17)16-12-10-15(2)11-13-16;1-2-3-4-5-6-7-8-10(12)9-11/h10-13,17-18H,3-9,14H2,1-2H3;10-12H,2-9H2,1H3. The summed E-state index contributed by atoms with van der Waals surface area (Å²) in [7, 11) is 0. The Bertz CT molecular complexity index is 531. The molecule has 0 aromatic heterocycles. The Kier molecular flexibility index (Phi) is 17.7. The van der Waals surface area contributed by atoms with Crippen molar-refractivity contribution in [3.8, 4) is 0 Å². The van der Waals surface area contributed by atoms with E-state index in [0.29, 0.717) is 0 Å². The van der Waals surface area contributed by atoms with Crippen LogP contribution in [0.2, 0.25) is 0 Å². The first-order valence-corrected chi connectivity index (χ1v) is 13.2. The predicted molar refractivity (Wildman–Crippen MR) is 134 cm³/mol. The quantitative estimate of drug-likeness (QED) is 0.260. The van der Waals surface area contributed by atoms with Gasteiger partial charge < -0.3 is 19.7 Å². The van der Waals surface area contributed by atoms with Gasteiger partial charge in [-0.25, -0.2) is 0 Å². The summed E-state index contributed by atoms with van der Waals surface area (Å²) >= 11 is 0. The molecule has 3 unspecified atom stereocenters. The molecule has 2 rings (SSSR count). The average molecular weight is 451 g/mol. The number of benzene rings is 1. The summed E-state index contributed by atoms with van der Waals surface area (Å²) in [5.74, 6) is 0. The second-order valence-electron chi connectivity index (χ2n) is 9.28. The zero-order chi connectivity index (χ0) is 23.4. The maximum atomic E-state index is 9.01. The first-order valence-electron chi connectivity index (χ1n) is 13.2. The fourth-order valence-corrected chi connectivity index (χ4v) is 3.90. The number of aliphatic hydroxyl groups is 2. The van der Waals surface area contributed by atoms with Gasteiger partial charge in [0.25, 0.3) is 0 Å². The maximum Gasteiger partial charge on any atom is 0.184 e. The van der Waals surface area contributed by atoms with E-state index in [1.165, 1.54) is 76.2 Å². The van der Waals surface area contributed by atoms with Crippen LogP contribution in [0.5, 0.6) is 0 Å². The monoisotopic (exact) mass is 450 g/mol. The molecule has 0 spiro atoms. The van der Waals surface area contributed by atoms with Crippen molar-refractivity contribution < 1.29 is 19.7 Å². The summed E-state index contributed by atoms with van der Waals surface area (Å²) in [5, 5.41) is 17.5. The summed E-state index contributed by atoms with van der Waals surface area (Å²) in [5.41, 5.74) is 2.41. The van der Waals surface area contributed by atoms with Crippen LogP contribution in [0.25, 0.3) is 0 Å². The molecule has 0 radical (unpaired) electrons. The third kappa shape index (κ3) is 14.3. The number of hydrogen-bond acceptors (Lipinski definition) is 4. The summed E-state index contributed by atoms with van der Waals surface area (Å²) in [6.07, 6.45) is 17.0. The fourth-order valence-electron chi connectivity index (χ4n) is 3.90. The molecule has 186 valence electrons. The van der Waals surface area contributed by atoms with Gasteiger partial charge >= 0.3 is 0 Å². The van der Waals surface area contributed by atoms with E-state index < -0.39 is 6.10 Å². The minimum Gasteiger partial charge on any atom is -0.394 e. The number of hydrogen-bond donors (Lipinski definition) is 2. The Morgan fingerprint density at radius 2 is 1.41 bits per heavy atom. The Balaban J connectivity index is 0.000000368. The van der Waals surface area contributed by atoms with Crippen LogP contribution < -0.4 is 0 Å². The second kappa shape index (κ2) is 19.5. The Hall–Kier alpha value is -0.940. The van der Waals surface area contributed by atoms with Crippen molar-refractivity contribution in [2.24, 2.45) is 0 Å². The molecule has 1 aliphatic rings. The van der Waals surface area contributed by atoms with Gasteiger partial charge in [-0.05, 0) is 19.8 Å². The maximum absolute atomic E-state index is 9.01. The van der Waals surface area contributed by atoms with Gasteiger partial charge in [0, 0.05) is 5.56 Å². The van der Waals surface area contributed by atoms with E-state index in [-0.39, 0.29) is 19.0 Å². The van der Waals surface area contributed by atoms with Crippen molar-refractivity contribution in [2.75, 3.05) is 13.2 Å². The molecule has 1 aromatic rings. The highest BCUT2D eigenvalue weighted by atomic mass is 16.7. The van der Waals surface area contributed by atoms with E-state index in [9.17, 15) is 0 Å². The number of aliphatic hydroxyl groups excluding tert-OH is 2. The highest BCUT2D eigenvalue weighted by Crippen LogP contribution is 2.29. The summed E-state index contributed by atoms with van der Waals surface area (Å²) in [4.78, 5) is 0. The zero-order valence-electron chi connectivity index (χ0n) is 21.1. The van der Waals surface area contributed by atoms with Crippen molar-refractivity contribution in [3.05, 3.63) is 35.4 Å². The van der Waals surface area contributed by atoms with Gasteiger partial charge in [0.2, 0.25) is 0 Å². The van der Waals surface area contributed by atoms with Crippen molar-refractivity contribution in [2.45, 2.75) is 129 Å². The highest BCUT2D eigenvalue weighted by Gasteiger charge is 2.26. The summed E-state index contributed by atoms with van der Waals surface area (Å²) in [6, 6.07) is 8.44. The average Bonchev–Trinajstić information content (AvgIpc) is 3.28. The summed E-state index contributed by atoms with van der Waals surface area (Å²) in [6.45, 7) is 7.22. The zero-order valence-corrected chi connectivity index (χ0v) is 21.1. The molecule has 0 bridgehead atoms. The molecule has 0 aliphatic carbocycles. The lowest BCUT2D eigenvalue weighted by molar-refractivity contribution is -0.0613. The van der Waals surface area contributed by atoms with Crippen LogP contribution in [-0.4, -0.2) is 35.6 Å².